The molecule has 2 aromatic carbocycles. The van der Waals surface area contributed by atoms with Crippen LogP contribution in [-0.2, 0) is 6.61 Å². The van der Waals surface area contributed by atoms with Gasteiger partial charge in [-0.3, -0.25) is 4.90 Å². The van der Waals surface area contributed by atoms with Crippen LogP contribution in [0.2, 0.25) is 0 Å². The van der Waals surface area contributed by atoms with Crippen LogP contribution in [0.1, 0.15) is 22.7 Å². The molecule has 2 heterocycles. The molecule has 4 rings (SSSR count). The Balaban J connectivity index is 1.59. The van der Waals surface area contributed by atoms with Gasteiger partial charge in [-0.2, -0.15) is 11.3 Å². The van der Waals surface area contributed by atoms with Crippen LogP contribution in [-0.4, -0.2) is 38.2 Å². The molecule has 0 spiro atoms. The molecule has 0 bridgehead atoms. The third-order valence-electron chi connectivity index (χ3n) is 5.12. The van der Waals surface area contributed by atoms with Gasteiger partial charge in [0, 0.05) is 26.2 Å². The minimum atomic E-state index is 0.241. The van der Waals surface area contributed by atoms with Gasteiger partial charge in [-0.1, -0.05) is 36.4 Å². The van der Waals surface area contributed by atoms with E-state index in [1.54, 1.807) is 18.4 Å². The van der Waals surface area contributed by atoms with Crippen LogP contribution in [0.25, 0.3) is 0 Å². The molecule has 3 aromatic rings. The molecule has 1 N–H and O–H groups in total. The highest BCUT2D eigenvalue weighted by Gasteiger charge is 2.25. The smallest absolute Gasteiger partial charge is 0.161 e. The molecule has 0 radical (unpaired) electrons. The fourth-order valence-corrected chi connectivity index (χ4v) is 4.37. The minimum Gasteiger partial charge on any atom is -0.493 e. The van der Waals surface area contributed by atoms with Gasteiger partial charge >= 0.3 is 0 Å². The summed E-state index contributed by atoms with van der Waals surface area (Å²) in [6.07, 6.45) is 0. The van der Waals surface area contributed by atoms with Crippen molar-refractivity contribution >= 4 is 11.3 Å². The number of nitrogens with zero attached hydrogens (tertiary/aromatic N) is 1. The predicted octanol–water partition coefficient (Wildman–Crippen LogP) is 4.33. The second kappa shape index (κ2) is 9.24. The highest BCUT2D eigenvalue weighted by atomic mass is 32.1. The maximum Gasteiger partial charge on any atom is 0.161 e. The summed E-state index contributed by atoms with van der Waals surface area (Å²) in [5.74, 6) is 1.56. The number of rotatable bonds is 7. The number of methoxy groups -OCH3 is 1. The lowest BCUT2D eigenvalue weighted by Gasteiger charge is -2.35. The van der Waals surface area contributed by atoms with Crippen molar-refractivity contribution in [1.29, 1.82) is 0 Å². The Kier molecular flexibility index (Phi) is 6.27. The van der Waals surface area contributed by atoms with Crippen molar-refractivity contribution in [2.45, 2.75) is 12.6 Å². The zero-order chi connectivity index (χ0) is 19.2. The second-order valence-electron chi connectivity index (χ2n) is 6.93. The van der Waals surface area contributed by atoms with Crippen LogP contribution < -0.4 is 14.8 Å². The van der Waals surface area contributed by atoms with Crippen molar-refractivity contribution in [3.63, 3.8) is 0 Å². The molecule has 4 nitrogen and oxygen atoms in total. The van der Waals surface area contributed by atoms with Crippen LogP contribution >= 0.6 is 11.3 Å². The molecule has 1 aromatic heterocycles. The molecule has 1 atom stereocenters. The zero-order valence-corrected chi connectivity index (χ0v) is 17.0. The van der Waals surface area contributed by atoms with Crippen LogP contribution in [0, 0.1) is 0 Å². The fraction of sp³-hybridized carbons (Fsp3) is 0.304. The van der Waals surface area contributed by atoms with Gasteiger partial charge in [-0.25, -0.2) is 0 Å². The average Bonchev–Trinajstić information content (AvgIpc) is 3.28. The second-order valence-corrected chi connectivity index (χ2v) is 7.71. The van der Waals surface area contributed by atoms with Gasteiger partial charge in [0.15, 0.2) is 11.5 Å². The molecule has 1 unspecified atom stereocenters. The lowest BCUT2D eigenvalue weighted by Crippen LogP contribution is -2.45. The molecule has 0 aliphatic carbocycles. The Morgan fingerprint density at radius 3 is 2.54 bits per heavy atom. The van der Waals surface area contributed by atoms with E-state index in [1.807, 2.05) is 24.3 Å². The number of piperazine rings is 1. The van der Waals surface area contributed by atoms with E-state index in [1.165, 1.54) is 11.1 Å². The van der Waals surface area contributed by atoms with Gasteiger partial charge in [0.1, 0.15) is 6.61 Å². The first-order valence-corrected chi connectivity index (χ1v) is 10.6. The van der Waals surface area contributed by atoms with Gasteiger partial charge < -0.3 is 14.8 Å². The van der Waals surface area contributed by atoms with Gasteiger partial charge in [0.2, 0.25) is 0 Å². The number of thiophene rings is 1. The fourth-order valence-electron chi connectivity index (χ4n) is 3.69. The normalized spacial score (nSPS) is 15.9. The lowest BCUT2D eigenvalue weighted by atomic mass is 9.98. The first-order valence-electron chi connectivity index (χ1n) is 9.66. The standard InChI is InChI=1S/C23H26N2O2S/c1-26-22-15-19(7-8-21(22)27-16-18-5-3-2-4-6-18)23(20-9-14-28-17-20)25-12-10-24-11-13-25/h2-9,14-15,17,23-24H,10-13,16H2,1H3. The van der Waals surface area contributed by atoms with Gasteiger partial charge in [-0.15, -0.1) is 0 Å². The summed E-state index contributed by atoms with van der Waals surface area (Å²) in [4.78, 5) is 2.54. The van der Waals surface area contributed by atoms with Crippen LogP contribution in [0.4, 0.5) is 0 Å². The van der Waals surface area contributed by atoms with Crippen molar-refractivity contribution < 1.29 is 9.47 Å². The molecule has 1 aliphatic rings. The highest BCUT2D eigenvalue weighted by Crippen LogP contribution is 2.36. The molecule has 28 heavy (non-hydrogen) atoms. The first kappa shape index (κ1) is 19.0. The van der Waals surface area contributed by atoms with E-state index in [9.17, 15) is 0 Å². The van der Waals surface area contributed by atoms with E-state index in [0.717, 1.165) is 43.2 Å². The van der Waals surface area contributed by atoms with Crippen molar-refractivity contribution in [1.82, 2.24) is 10.2 Å². The molecule has 1 saturated heterocycles. The van der Waals surface area contributed by atoms with Crippen molar-refractivity contribution in [3.8, 4) is 11.5 Å². The quantitative estimate of drug-likeness (QED) is 0.647. The summed E-state index contributed by atoms with van der Waals surface area (Å²) >= 11 is 1.75. The van der Waals surface area contributed by atoms with E-state index >= 15 is 0 Å². The van der Waals surface area contributed by atoms with E-state index in [2.05, 4.69) is 51.3 Å². The molecular formula is C23H26N2O2S. The Hall–Kier alpha value is -2.34. The highest BCUT2D eigenvalue weighted by molar-refractivity contribution is 7.08. The molecule has 5 heteroatoms. The van der Waals surface area contributed by atoms with E-state index in [4.69, 9.17) is 9.47 Å². The summed E-state index contributed by atoms with van der Waals surface area (Å²) in [5.41, 5.74) is 3.72. The van der Waals surface area contributed by atoms with E-state index in [0.29, 0.717) is 6.61 Å². The minimum absolute atomic E-state index is 0.241. The molecule has 0 saturated carbocycles. The number of ether oxygens (including phenoxy) is 2. The van der Waals surface area contributed by atoms with Crippen molar-refractivity contribution in [3.05, 3.63) is 82.0 Å². The average molecular weight is 395 g/mol. The number of benzene rings is 2. The largest absolute Gasteiger partial charge is 0.493 e. The summed E-state index contributed by atoms with van der Waals surface area (Å²) in [6.45, 7) is 4.65. The Morgan fingerprint density at radius 1 is 1.00 bits per heavy atom. The SMILES string of the molecule is COc1cc(C(c2ccsc2)N2CCNCC2)ccc1OCc1ccccc1. The van der Waals surface area contributed by atoms with Crippen molar-refractivity contribution in [2.24, 2.45) is 0 Å². The Morgan fingerprint density at radius 2 is 1.82 bits per heavy atom. The van der Waals surface area contributed by atoms with Gasteiger partial charge in [0.25, 0.3) is 0 Å². The molecule has 1 fully saturated rings. The summed E-state index contributed by atoms with van der Waals surface area (Å²) in [6, 6.07) is 19.0. The van der Waals surface area contributed by atoms with Gasteiger partial charge in [-0.05, 0) is 45.6 Å². The maximum absolute atomic E-state index is 6.04. The number of hydrogen-bond acceptors (Lipinski definition) is 5. The topological polar surface area (TPSA) is 33.7 Å². The van der Waals surface area contributed by atoms with E-state index < -0.39 is 0 Å². The van der Waals surface area contributed by atoms with Crippen LogP contribution in [0.5, 0.6) is 11.5 Å². The molecule has 0 amide bonds. The number of hydrogen-bond donors (Lipinski definition) is 1. The molecule has 1 aliphatic heterocycles. The summed E-state index contributed by atoms with van der Waals surface area (Å²) < 4.78 is 11.7. The van der Waals surface area contributed by atoms with Crippen LogP contribution in [0.3, 0.4) is 0 Å². The number of nitrogens with one attached hydrogen (secondary N) is 1. The zero-order valence-electron chi connectivity index (χ0n) is 16.1. The maximum atomic E-state index is 6.04. The molecule has 146 valence electrons. The lowest BCUT2D eigenvalue weighted by molar-refractivity contribution is 0.198. The third kappa shape index (κ3) is 4.38. The van der Waals surface area contributed by atoms with E-state index in [-0.39, 0.29) is 6.04 Å². The Labute approximate surface area is 170 Å². The Bertz CT molecular complexity index is 862. The monoisotopic (exact) mass is 394 g/mol. The van der Waals surface area contributed by atoms with Crippen LogP contribution in [0.15, 0.2) is 65.4 Å². The first-order chi connectivity index (χ1) is 13.8. The summed E-state index contributed by atoms with van der Waals surface area (Å²) in [5, 5.41) is 7.85. The summed E-state index contributed by atoms with van der Waals surface area (Å²) in [7, 11) is 1.71. The molecular weight excluding hydrogens is 368 g/mol. The van der Waals surface area contributed by atoms with Crippen molar-refractivity contribution in [2.75, 3.05) is 33.3 Å². The predicted molar refractivity (Wildman–Crippen MR) is 114 cm³/mol. The van der Waals surface area contributed by atoms with Gasteiger partial charge in [0.05, 0.1) is 13.2 Å². The third-order valence-corrected chi connectivity index (χ3v) is 5.82.